The second kappa shape index (κ2) is 5.80. The molecule has 98 valence electrons. The Balaban J connectivity index is 2.01. The summed E-state index contributed by atoms with van der Waals surface area (Å²) in [5.74, 6) is 0.889. The summed E-state index contributed by atoms with van der Waals surface area (Å²) in [4.78, 5) is 10.9. The summed E-state index contributed by atoms with van der Waals surface area (Å²) in [6.45, 7) is 2.23. The Labute approximate surface area is 107 Å². The molecular weight excluding hydrogens is 228 g/mol. The number of nitrogens with one attached hydrogen (secondary N) is 1. The fourth-order valence-electron chi connectivity index (χ4n) is 2.62. The zero-order valence-corrected chi connectivity index (χ0v) is 10.7. The molecule has 1 saturated carbocycles. The van der Waals surface area contributed by atoms with Gasteiger partial charge in [0.15, 0.2) is 5.69 Å². The van der Waals surface area contributed by atoms with Gasteiger partial charge in [0.05, 0.1) is 0 Å². The van der Waals surface area contributed by atoms with Crippen LogP contribution in [0.25, 0.3) is 0 Å². The third kappa shape index (κ3) is 2.97. The van der Waals surface area contributed by atoms with Gasteiger partial charge in [-0.25, -0.2) is 0 Å². The second-order valence-electron chi connectivity index (χ2n) is 4.87. The van der Waals surface area contributed by atoms with Crippen molar-refractivity contribution in [3.05, 3.63) is 17.8 Å². The van der Waals surface area contributed by atoms with E-state index in [1.165, 1.54) is 32.1 Å². The molecule has 0 aromatic carbocycles. The average molecular weight is 248 g/mol. The van der Waals surface area contributed by atoms with Gasteiger partial charge in [-0.1, -0.05) is 26.2 Å². The number of rotatable bonds is 4. The maximum atomic E-state index is 10.9. The van der Waals surface area contributed by atoms with Crippen molar-refractivity contribution >= 4 is 11.7 Å². The summed E-state index contributed by atoms with van der Waals surface area (Å²) in [7, 11) is 0. The van der Waals surface area contributed by atoms with Crippen molar-refractivity contribution in [2.24, 2.45) is 11.7 Å². The van der Waals surface area contributed by atoms with E-state index in [1.807, 2.05) is 0 Å². The number of primary amides is 1. The van der Waals surface area contributed by atoms with Crippen LogP contribution < -0.4 is 11.1 Å². The molecule has 1 heterocycles. The molecule has 2 atom stereocenters. The fraction of sp³-hybridized carbons (Fsp3) is 0.615. The number of carbonyl (C=O) groups excluding carboxylic acids is 1. The first-order chi connectivity index (χ1) is 8.70. The number of aromatic nitrogens is 2. The summed E-state index contributed by atoms with van der Waals surface area (Å²) >= 11 is 0. The molecule has 1 aromatic heterocycles. The Morgan fingerprint density at radius 3 is 2.78 bits per heavy atom. The molecule has 1 aromatic rings. The van der Waals surface area contributed by atoms with E-state index in [-0.39, 0.29) is 5.69 Å². The average Bonchev–Trinajstić information content (AvgIpc) is 2.40. The number of nitrogens with zero attached hydrogens (tertiary/aromatic N) is 2. The Morgan fingerprint density at radius 2 is 2.17 bits per heavy atom. The quantitative estimate of drug-likeness (QED) is 0.853. The number of anilines is 1. The van der Waals surface area contributed by atoms with E-state index in [0.29, 0.717) is 12.0 Å². The van der Waals surface area contributed by atoms with Crippen LogP contribution in [0.3, 0.4) is 0 Å². The van der Waals surface area contributed by atoms with Crippen molar-refractivity contribution < 1.29 is 4.79 Å². The summed E-state index contributed by atoms with van der Waals surface area (Å²) in [5, 5.41) is 11.2. The van der Waals surface area contributed by atoms with E-state index >= 15 is 0 Å². The third-order valence-corrected chi connectivity index (χ3v) is 3.68. The SMILES string of the molecule is CCC1CCCCC1Nc1ccc(C(N)=O)nn1. The van der Waals surface area contributed by atoms with E-state index in [4.69, 9.17) is 5.73 Å². The molecule has 0 aliphatic heterocycles. The van der Waals surface area contributed by atoms with Crippen LogP contribution in [-0.4, -0.2) is 22.1 Å². The molecule has 3 N–H and O–H groups in total. The van der Waals surface area contributed by atoms with Gasteiger partial charge in [0.2, 0.25) is 0 Å². The zero-order valence-electron chi connectivity index (χ0n) is 10.7. The molecule has 5 heteroatoms. The van der Waals surface area contributed by atoms with Crippen LogP contribution in [0.4, 0.5) is 5.82 Å². The van der Waals surface area contributed by atoms with Gasteiger partial charge in [-0.15, -0.1) is 10.2 Å². The van der Waals surface area contributed by atoms with Gasteiger partial charge in [-0.2, -0.15) is 0 Å². The third-order valence-electron chi connectivity index (χ3n) is 3.68. The predicted octanol–water partition coefficient (Wildman–Crippen LogP) is 1.96. The van der Waals surface area contributed by atoms with Gasteiger partial charge < -0.3 is 11.1 Å². The molecule has 2 unspecified atom stereocenters. The normalized spacial score (nSPS) is 23.6. The number of nitrogens with two attached hydrogens (primary N) is 1. The Kier molecular flexibility index (Phi) is 4.12. The summed E-state index contributed by atoms with van der Waals surface area (Å²) < 4.78 is 0. The lowest BCUT2D eigenvalue weighted by Crippen LogP contribution is -2.32. The van der Waals surface area contributed by atoms with Gasteiger partial charge in [0, 0.05) is 6.04 Å². The van der Waals surface area contributed by atoms with Gasteiger partial charge in [0.25, 0.3) is 5.91 Å². The standard InChI is InChI=1S/C13H20N4O/c1-2-9-5-3-4-6-10(9)15-12-8-7-11(13(14)18)16-17-12/h7-10H,2-6H2,1H3,(H2,14,18)(H,15,17). The predicted molar refractivity (Wildman–Crippen MR) is 70.2 cm³/mol. The highest BCUT2D eigenvalue weighted by Crippen LogP contribution is 2.28. The molecule has 0 radical (unpaired) electrons. The minimum absolute atomic E-state index is 0.205. The maximum absolute atomic E-state index is 10.9. The van der Waals surface area contributed by atoms with E-state index < -0.39 is 5.91 Å². The van der Waals surface area contributed by atoms with E-state index in [0.717, 1.165) is 5.82 Å². The lowest BCUT2D eigenvalue weighted by atomic mass is 9.83. The molecule has 0 spiro atoms. The van der Waals surface area contributed by atoms with E-state index in [1.54, 1.807) is 12.1 Å². The molecule has 18 heavy (non-hydrogen) atoms. The fourth-order valence-corrected chi connectivity index (χ4v) is 2.62. The Morgan fingerprint density at radius 1 is 1.39 bits per heavy atom. The molecule has 2 rings (SSSR count). The summed E-state index contributed by atoms with van der Waals surface area (Å²) in [6, 6.07) is 3.85. The van der Waals surface area contributed by atoms with Crippen molar-refractivity contribution in [3.8, 4) is 0 Å². The van der Waals surface area contributed by atoms with Crippen molar-refractivity contribution in [2.75, 3.05) is 5.32 Å². The first kappa shape index (κ1) is 12.8. The van der Waals surface area contributed by atoms with Crippen molar-refractivity contribution in [3.63, 3.8) is 0 Å². The first-order valence-corrected chi connectivity index (χ1v) is 6.60. The molecule has 1 amide bonds. The zero-order chi connectivity index (χ0) is 13.0. The number of amides is 1. The van der Waals surface area contributed by atoms with Crippen molar-refractivity contribution in [2.45, 2.75) is 45.1 Å². The molecule has 1 fully saturated rings. The smallest absolute Gasteiger partial charge is 0.269 e. The van der Waals surface area contributed by atoms with Gasteiger partial charge in [0.1, 0.15) is 5.82 Å². The van der Waals surface area contributed by atoms with Crippen LogP contribution in [0.5, 0.6) is 0 Å². The number of carbonyl (C=O) groups is 1. The van der Waals surface area contributed by atoms with Crippen LogP contribution in [0.2, 0.25) is 0 Å². The topological polar surface area (TPSA) is 80.9 Å². The maximum Gasteiger partial charge on any atom is 0.269 e. The summed E-state index contributed by atoms with van der Waals surface area (Å²) in [5.41, 5.74) is 5.33. The van der Waals surface area contributed by atoms with Crippen molar-refractivity contribution in [1.82, 2.24) is 10.2 Å². The van der Waals surface area contributed by atoms with E-state index in [2.05, 4.69) is 22.4 Å². The molecule has 0 bridgehead atoms. The lowest BCUT2D eigenvalue weighted by Gasteiger charge is -2.31. The molecule has 0 saturated heterocycles. The molecule has 1 aliphatic rings. The van der Waals surface area contributed by atoms with Gasteiger partial charge >= 0.3 is 0 Å². The van der Waals surface area contributed by atoms with Crippen molar-refractivity contribution in [1.29, 1.82) is 0 Å². The lowest BCUT2D eigenvalue weighted by molar-refractivity contribution is 0.0994. The Bertz CT molecular complexity index is 404. The van der Waals surface area contributed by atoms with Gasteiger partial charge in [-0.05, 0) is 30.9 Å². The molecule has 5 nitrogen and oxygen atoms in total. The largest absolute Gasteiger partial charge is 0.366 e. The highest BCUT2D eigenvalue weighted by Gasteiger charge is 2.23. The molecular formula is C13H20N4O. The van der Waals surface area contributed by atoms with Crippen LogP contribution in [0.1, 0.15) is 49.5 Å². The van der Waals surface area contributed by atoms with Crippen LogP contribution in [0, 0.1) is 5.92 Å². The molecule has 1 aliphatic carbocycles. The number of hydrogen-bond donors (Lipinski definition) is 2. The summed E-state index contributed by atoms with van der Waals surface area (Å²) in [6.07, 6.45) is 6.23. The van der Waals surface area contributed by atoms with Crippen LogP contribution >= 0.6 is 0 Å². The Hall–Kier alpha value is -1.65. The second-order valence-corrected chi connectivity index (χ2v) is 4.87. The highest BCUT2D eigenvalue weighted by atomic mass is 16.1. The van der Waals surface area contributed by atoms with Crippen LogP contribution in [-0.2, 0) is 0 Å². The highest BCUT2D eigenvalue weighted by molar-refractivity contribution is 5.90. The first-order valence-electron chi connectivity index (χ1n) is 6.60. The van der Waals surface area contributed by atoms with Gasteiger partial charge in [-0.3, -0.25) is 4.79 Å². The number of hydrogen-bond acceptors (Lipinski definition) is 4. The minimum atomic E-state index is -0.543. The monoisotopic (exact) mass is 248 g/mol. The minimum Gasteiger partial charge on any atom is -0.366 e. The van der Waals surface area contributed by atoms with Crippen LogP contribution in [0.15, 0.2) is 12.1 Å². The van der Waals surface area contributed by atoms with E-state index in [9.17, 15) is 4.79 Å².